The number of benzene rings is 1. The molecule has 0 fully saturated rings. The van der Waals surface area contributed by atoms with Gasteiger partial charge in [-0.15, -0.1) is 0 Å². The van der Waals surface area contributed by atoms with Gasteiger partial charge < -0.3 is 19.1 Å². The maximum Gasteiger partial charge on any atom is 0.397 e. The molecule has 1 rings (SSSR count). The fourth-order valence-electron chi connectivity index (χ4n) is 2.37. The topological polar surface area (TPSA) is 158 Å². The molecule has 0 atom stereocenters. The Labute approximate surface area is 202 Å². The zero-order valence-corrected chi connectivity index (χ0v) is 21.3. The van der Waals surface area contributed by atoms with Gasteiger partial charge in [0.05, 0.1) is 52.9 Å². The maximum absolute atomic E-state index is 10.5. The van der Waals surface area contributed by atoms with Crippen molar-refractivity contribution in [2.24, 2.45) is 0 Å². The van der Waals surface area contributed by atoms with Crippen LogP contribution in [0.4, 0.5) is 5.69 Å². The summed E-state index contributed by atoms with van der Waals surface area (Å²) in [5.41, 5.74) is 2.10. The fraction of sp³-hybridized carbons (Fsp3) is 0.647. The molecule has 0 unspecified atom stereocenters. The van der Waals surface area contributed by atoms with Crippen LogP contribution in [-0.4, -0.2) is 91.9 Å². The number of ether oxygens (including phenoxy) is 3. The van der Waals surface area contributed by atoms with Crippen LogP contribution in [0.5, 0.6) is 0 Å². The molecule has 32 heavy (non-hydrogen) atoms. The summed E-state index contributed by atoms with van der Waals surface area (Å²) in [6.45, 7) is 3.72. The van der Waals surface area contributed by atoms with Crippen molar-refractivity contribution in [1.82, 2.24) is 0 Å². The molecule has 0 amide bonds. The second kappa shape index (κ2) is 15.3. The summed E-state index contributed by atoms with van der Waals surface area (Å²) in [5, 5.41) is 0. The summed E-state index contributed by atoms with van der Waals surface area (Å²) >= 11 is 2.25. The van der Waals surface area contributed by atoms with E-state index in [1.165, 1.54) is 0 Å². The number of nitrogens with zero attached hydrogens (tertiary/aromatic N) is 1. The lowest BCUT2D eigenvalue weighted by Crippen LogP contribution is -2.31. The highest BCUT2D eigenvalue weighted by molar-refractivity contribution is 14.1. The van der Waals surface area contributed by atoms with Gasteiger partial charge in [-0.2, -0.15) is 16.8 Å². The Kier molecular flexibility index (Phi) is 14.1. The second-order valence-electron chi connectivity index (χ2n) is 6.26. The molecule has 1 aromatic rings. The quantitative estimate of drug-likeness (QED) is 0.138. The van der Waals surface area contributed by atoms with Gasteiger partial charge in [-0.25, -0.2) is 8.37 Å². The van der Waals surface area contributed by atoms with Crippen molar-refractivity contribution in [1.29, 1.82) is 0 Å². The van der Waals surface area contributed by atoms with E-state index in [-0.39, 0.29) is 39.6 Å². The first kappa shape index (κ1) is 29.4. The van der Waals surface area contributed by atoms with Crippen molar-refractivity contribution >= 4 is 49.1 Å². The molecule has 0 heterocycles. The van der Waals surface area contributed by atoms with Gasteiger partial charge in [0, 0.05) is 22.3 Å². The molecule has 0 aliphatic rings. The third-order valence-corrected chi connectivity index (χ3v) is 5.95. The van der Waals surface area contributed by atoms with E-state index in [1.807, 2.05) is 30.0 Å². The number of hydrogen-bond donors (Lipinski definition) is 2. The van der Waals surface area contributed by atoms with Crippen molar-refractivity contribution < 1.29 is 48.5 Å². The average molecular weight is 613 g/mol. The van der Waals surface area contributed by atoms with Crippen molar-refractivity contribution in [2.45, 2.75) is 6.92 Å². The van der Waals surface area contributed by atoms with E-state index in [1.54, 1.807) is 0 Å². The van der Waals surface area contributed by atoms with Gasteiger partial charge >= 0.3 is 20.8 Å². The molecule has 0 saturated carbocycles. The van der Waals surface area contributed by atoms with Crippen LogP contribution < -0.4 is 4.90 Å². The number of hydrogen-bond acceptors (Lipinski definition) is 10. The Balaban J connectivity index is 2.36. The van der Waals surface area contributed by atoms with Gasteiger partial charge in [0.15, 0.2) is 0 Å². The minimum absolute atomic E-state index is 0.00413. The van der Waals surface area contributed by atoms with Gasteiger partial charge in [0.1, 0.15) is 0 Å². The van der Waals surface area contributed by atoms with E-state index in [0.29, 0.717) is 26.3 Å². The van der Waals surface area contributed by atoms with E-state index in [0.717, 1.165) is 14.8 Å². The monoisotopic (exact) mass is 613 g/mol. The van der Waals surface area contributed by atoms with Crippen LogP contribution in [0.2, 0.25) is 0 Å². The zero-order valence-electron chi connectivity index (χ0n) is 17.5. The van der Waals surface area contributed by atoms with Gasteiger partial charge in [0.2, 0.25) is 0 Å². The van der Waals surface area contributed by atoms with Crippen LogP contribution >= 0.6 is 22.6 Å². The highest BCUT2D eigenvalue weighted by Gasteiger charge is 2.09. The molecular weight excluding hydrogens is 585 g/mol. The van der Waals surface area contributed by atoms with Crippen molar-refractivity contribution in [2.75, 3.05) is 70.8 Å². The van der Waals surface area contributed by atoms with Gasteiger partial charge in [-0.05, 0) is 53.3 Å². The van der Waals surface area contributed by atoms with Crippen LogP contribution in [0.25, 0.3) is 0 Å². The normalized spacial score (nSPS) is 12.2. The van der Waals surface area contributed by atoms with Crippen LogP contribution in [0.3, 0.4) is 0 Å². The summed E-state index contributed by atoms with van der Waals surface area (Å²) in [6.07, 6.45) is 0. The van der Waals surface area contributed by atoms with Crippen molar-refractivity contribution in [3.8, 4) is 0 Å². The molecule has 0 saturated heterocycles. The molecule has 12 nitrogen and oxygen atoms in total. The Bertz CT molecular complexity index is 880. The molecule has 15 heteroatoms. The SMILES string of the molecule is Cc1cc(N(CCOCCOCCOS(=O)(=O)O)CCOCCOS(=O)(=O)O)ccc1I. The molecule has 0 bridgehead atoms. The molecule has 2 N–H and O–H groups in total. The summed E-state index contributed by atoms with van der Waals surface area (Å²) in [4.78, 5) is 2.05. The highest BCUT2D eigenvalue weighted by atomic mass is 127. The fourth-order valence-corrected chi connectivity index (χ4v) is 3.26. The molecule has 0 aliphatic heterocycles. The van der Waals surface area contributed by atoms with Crippen molar-refractivity contribution in [3.05, 3.63) is 27.3 Å². The van der Waals surface area contributed by atoms with Crippen LogP contribution in [0, 0.1) is 10.5 Å². The standard InChI is InChI=1S/C17H28INO11S2/c1-15-14-16(2-3-17(15)18)19(5-7-27-10-12-29-31(20,21)22)4-6-26-8-9-28-11-13-30-32(23,24)25/h2-3,14H,4-13H2,1H3,(H,20,21,22)(H,23,24,25). The molecule has 0 radical (unpaired) electrons. The zero-order chi connectivity index (χ0) is 24.0. The summed E-state index contributed by atoms with van der Waals surface area (Å²) in [6, 6.07) is 6.03. The molecule has 0 aliphatic carbocycles. The van der Waals surface area contributed by atoms with Crippen molar-refractivity contribution in [3.63, 3.8) is 0 Å². The number of anilines is 1. The van der Waals surface area contributed by atoms with Crippen LogP contribution in [0.1, 0.15) is 5.56 Å². The first-order chi connectivity index (χ1) is 15.0. The van der Waals surface area contributed by atoms with E-state index < -0.39 is 20.8 Å². The first-order valence-electron chi connectivity index (χ1n) is 9.46. The first-order valence-corrected chi connectivity index (χ1v) is 13.3. The Morgan fingerprint density at radius 1 is 0.781 bits per heavy atom. The minimum Gasteiger partial charge on any atom is -0.377 e. The van der Waals surface area contributed by atoms with Crippen LogP contribution in [-0.2, 0) is 43.4 Å². The average Bonchev–Trinajstić information content (AvgIpc) is 2.68. The molecular formula is C17H28INO11S2. The number of halogens is 1. The van der Waals surface area contributed by atoms with Crippen LogP contribution in [0.15, 0.2) is 18.2 Å². The summed E-state index contributed by atoms with van der Waals surface area (Å²) in [5.74, 6) is 0. The summed E-state index contributed by atoms with van der Waals surface area (Å²) < 4.78 is 84.2. The summed E-state index contributed by atoms with van der Waals surface area (Å²) in [7, 11) is -8.93. The predicted molar refractivity (Wildman–Crippen MR) is 124 cm³/mol. The highest BCUT2D eigenvalue weighted by Crippen LogP contribution is 2.20. The largest absolute Gasteiger partial charge is 0.397 e. The molecule has 0 spiro atoms. The number of aryl methyl sites for hydroxylation is 1. The van der Waals surface area contributed by atoms with Gasteiger partial charge in [-0.3, -0.25) is 9.11 Å². The van der Waals surface area contributed by atoms with Gasteiger partial charge in [-0.1, -0.05) is 0 Å². The molecule has 0 aromatic heterocycles. The number of rotatable bonds is 18. The Morgan fingerprint density at radius 2 is 1.22 bits per heavy atom. The van der Waals surface area contributed by atoms with E-state index in [2.05, 4.69) is 31.0 Å². The Hall–Kier alpha value is -0.630. The lowest BCUT2D eigenvalue weighted by atomic mass is 10.2. The second-order valence-corrected chi connectivity index (χ2v) is 9.60. The lowest BCUT2D eigenvalue weighted by Gasteiger charge is -2.25. The van der Waals surface area contributed by atoms with Gasteiger partial charge in [0.25, 0.3) is 0 Å². The van der Waals surface area contributed by atoms with E-state index in [4.69, 9.17) is 23.3 Å². The molecule has 1 aromatic carbocycles. The lowest BCUT2D eigenvalue weighted by molar-refractivity contribution is 0.0374. The van der Waals surface area contributed by atoms with E-state index in [9.17, 15) is 16.8 Å². The third kappa shape index (κ3) is 15.3. The molecule has 186 valence electrons. The smallest absolute Gasteiger partial charge is 0.377 e. The maximum atomic E-state index is 10.5. The Morgan fingerprint density at radius 3 is 1.66 bits per heavy atom. The third-order valence-electron chi connectivity index (χ3n) is 3.81. The van der Waals surface area contributed by atoms with E-state index >= 15 is 0 Å². The minimum atomic E-state index is -4.47. The predicted octanol–water partition coefficient (Wildman–Crippen LogP) is 1.09.